The number of thioether (sulfide) groups is 1. The first-order valence-electron chi connectivity index (χ1n) is 11.3. The van der Waals surface area contributed by atoms with Gasteiger partial charge in [0.05, 0.1) is 18.1 Å². The van der Waals surface area contributed by atoms with E-state index in [1.807, 2.05) is 36.6 Å². The normalized spacial score (nSPS) is 11.2. The zero-order chi connectivity index (χ0) is 26.1. The highest BCUT2D eigenvalue weighted by Gasteiger charge is 2.24. The maximum absolute atomic E-state index is 13.7. The first-order chi connectivity index (χ1) is 17.9. The molecule has 2 aromatic heterocycles. The number of hydrogen-bond donors (Lipinski definition) is 0. The lowest BCUT2D eigenvalue weighted by atomic mass is 10.2. The molecule has 0 radical (unpaired) electrons. The highest BCUT2D eigenvalue weighted by molar-refractivity contribution is 7.98. The number of carbonyl (C=O) groups excluding carboxylic acids is 1. The molecule has 3 aromatic carbocycles. The van der Waals surface area contributed by atoms with Crippen LogP contribution in [0.15, 0.2) is 87.3 Å². The number of fused-ring (bicyclic) bond motifs is 1. The number of aldehydes is 1. The fraction of sp³-hybridized carbons (Fsp3) is 0.111. The zero-order valence-electron chi connectivity index (χ0n) is 19.6. The van der Waals surface area contributed by atoms with Gasteiger partial charge < -0.3 is 4.79 Å². The number of halogens is 2. The van der Waals surface area contributed by atoms with Gasteiger partial charge in [-0.25, -0.2) is 9.78 Å². The van der Waals surface area contributed by atoms with Crippen molar-refractivity contribution >= 4 is 52.4 Å². The number of carbonyl (C=O) groups is 1. The molecule has 0 aliphatic heterocycles. The van der Waals surface area contributed by atoms with Crippen LogP contribution >= 0.6 is 35.0 Å². The molecule has 0 aliphatic rings. The highest BCUT2D eigenvalue weighted by Crippen LogP contribution is 2.32. The van der Waals surface area contributed by atoms with Gasteiger partial charge in [0.2, 0.25) is 0 Å². The van der Waals surface area contributed by atoms with Gasteiger partial charge >= 0.3 is 5.69 Å². The minimum atomic E-state index is -0.623. The third-order valence-electron chi connectivity index (χ3n) is 5.98. The molecule has 37 heavy (non-hydrogen) atoms. The molecule has 7 nitrogen and oxygen atoms in total. The van der Waals surface area contributed by atoms with E-state index in [0.717, 1.165) is 15.0 Å². The predicted octanol–water partition coefficient (Wildman–Crippen LogP) is 5.29. The first-order valence-corrected chi connectivity index (χ1v) is 13.2. The van der Waals surface area contributed by atoms with Crippen LogP contribution in [0.25, 0.3) is 28.2 Å². The van der Waals surface area contributed by atoms with Crippen LogP contribution in [0.3, 0.4) is 0 Å². The summed E-state index contributed by atoms with van der Waals surface area (Å²) in [5.74, 6) is 0.384. The summed E-state index contributed by atoms with van der Waals surface area (Å²) in [4.78, 5) is 44.5. The van der Waals surface area contributed by atoms with Crippen LogP contribution in [0.4, 0.5) is 0 Å². The number of aromatic nitrogens is 4. The van der Waals surface area contributed by atoms with Gasteiger partial charge in [0.1, 0.15) is 12.1 Å². The maximum atomic E-state index is 13.7. The lowest BCUT2D eigenvalue weighted by Gasteiger charge is -2.13. The summed E-state index contributed by atoms with van der Waals surface area (Å²) in [5, 5.41) is 0.958. The largest absolute Gasteiger partial charge is 0.333 e. The van der Waals surface area contributed by atoms with Crippen molar-refractivity contribution in [2.24, 2.45) is 0 Å². The molecule has 5 aromatic rings. The van der Waals surface area contributed by atoms with Crippen LogP contribution in [0.2, 0.25) is 10.0 Å². The van der Waals surface area contributed by atoms with Crippen molar-refractivity contribution < 1.29 is 4.79 Å². The highest BCUT2D eigenvalue weighted by atomic mass is 35.5. The van der Waals surface area contributed by atoms with Gasteiger partial charge in [-0.3, -0.25) is 18.5 Å². The Morgan fingerprint density at radius 2 is 1.62 bits per heavy atom. The third-order valence-corrected chi connectivity index (χ3v) is 7.31. The van der Waals surface area contributed by atoms with Crippen molar-refractivity contribution in [3.8, 4) is 17.1 Å². The molecule has 186 valence electrons. The molecule has 2 heterocycles. The van der Waals surface area contributed by atoms with Gasteiger partial charge in [-0.2, -0.15) is 0 Å². The number of nitrogens with zero attached hydrogens (tertiary/aromatic N) is 4. The summed E-state index contributed by atoms with van der Waals surface area (Å²) in [6.07, 6.45) is 2.52. The molecule has 0 fully saturated rings. The summed E-state index contributed by atoms with van der Waals surface area (Å²) >= 11 is 14.3. The molecule has 0 saturated carbocycles. The number of rotatable bonds is 7. The molecular weight excluding hydrogens is 531 g/mol. The number of hydrogen-bond acceptors (Lipinski definition) is 5. The van der Waals surface area contributed by atoms with E-state index < -0.39 is 11.2 Å². The molecule has 0 bridgehead atoms. The van der Waals surface area contributed by atoms with Gasteiger partial charge in [0.15, 0.2) is 11.2 Å². The lowest BCUT2D eigenvalue weighted by molar-refractivity contribution is -0.108. The molecule has 0 spiro atoms. The molecular formula is C27H20Cl2N4O3S. The lowest BCUT2D eigenvalue weighted by Crippen LogP contribution is -2.41. The van der Waals surface area contributed by atoms with Crippen LogP contribution in [-0.4, -0.2) is 31.2 Å². The van der Waals surface area contributed by atoms with Crippen LogP contribution in [-0.2, 0) is 17.9 Å². The van der Waals surface area contributed by atoms with E-state index >= 15 is 0 Å². The van der Waals surface area contributed by atoms with Crippen molar-refractivity contribution in [3.05, 3.63) is 109 Å². The Labute approximate surface area is 225 Å². The van der Waals surface area contributed by atoms with E-state index in [-0.39, 0.29) is 24.3 Å². The topological polar surface area (TPSA) is 78.9 Å². The van der Waals surface area contributed by atoms with Crippen molar-refractivity contribution in [2.45, 2.75) is 18.0 Å². The van der Waals surface area contributed by atoms with Crippen LogP contribution in [0, 0.1) is 0 Å². The molecule has 0 atom stereocenters. The second-order valence-corrected chi connectivity index (χ2v) is 9.92. The standard InChI is InChI=1S/C27H20Cl2N4O3S/c1-37-20-12-6-17(7-13-20)16-32-25-23(26(35)31(14-15-34)27(32)36)33(19-10-8-18(28)9-11-19)24(30-25)21-4-2-3-5-22(21)29/h2-13,15H,14,16H2,1H3. The van der Waals surface area contributed by atoms with Crippen LogP contribution in [0.5, 0.6) is 0 Å². The average molecular weight is 551 g/mol. The van der Waals surface area contributed by atoms with Crippen molar-refractivity contribution in [2.75, 3.05) is 6.26 Å². The third kappa shape index (κ3) is 4.64. The Morgan fingerprint density at radius 1 is 0.919 bits per heavy atom. The summed E-state index contributed by atoms with van der Waals surface area (Å²) < 4.78 is 4.00. The molecule has 0 amide bonds. The number of imidazole rings is 1. The molecule has 0 N–H and O–H groups in total. The van der Waals surface area contributed by atoms with E-state index in [0.29, 0.717) is 33.4 Å². The van der Waals surface area contributed by atoms with E-state index in [1.165, 1.54) is 4.57 Å². The average Bonchev–Trinajstić information content (AvgIpc) is 3.30. The van der Waals surface area contributed by atoms with Crippen LogP contribution < -0.4 is 11.2 Å². The SMILES string of the molecule is CSc1ccc(Cn2c(=O)n(CC=O)c(=O)c3c2nc(-c2ccccc2Cl)n3-c2ccc(Cl)cc2)cc1. The first kappa shape index (κ1) is 25.1. The van der Waals surface area contributed by atoms with Crippen molar-refractivity contribution in [1.29, 1.82) is 0 Å². The quantitative estimate of drug-likeness (QED) is 0.203. The van der Waals surface area contributed by atoms with Gasteiger partial charge in [-0.05, 0) is 60.4 Å². The van der Waals surface area contributed by atoms with E-state index in [9.17, 15) is 14.4 Å². The van der Waals surface area contributed by atoms with E-state index in [4.69, 9.17) is 28.2 Å². The summed E-state index contributed by atoms with van der Waals surface area (Å²) in [7, 11) is 0. The Bertz CT molecular complexity index is 1740. The van der Waals surface area contributed by atoms with Gasteiger partial charge in [0.25, 0.3) is 5.56 Å². The van der Waals surface area contributed by atoms with Crippen LogP contribution in [0.1, 0.15) is 5.56 Å². The van der Waals surface area contributed by atoms with Crippen molar-refractivity contribution in [1.82, 2.24) is 18.7 Å². The molecule has 0 aliphatic carbocycles. The van der Waals surface area contributed by atoms with Gasteiger partial charge in [-0.1, -0.05) is 47.5 Å². The van der Waals surface area contributed by atoms with Gasteiger partial charge in [0, 0.05) is 21.2 Å². The maximum Gasteiger partial charge on any atom is 0.333 e. The Balaban J connectivity index is 1.88. The Hall–Kier alpha value is -3.59. The van der Waals surface area contributed by atoms with Gasteiger partial charge in [-0.15, -0.1) is 11.8 Å². The fourth-order valence-electron chi connectivity index (χ4n) is 4.20. The van der Waals surface area contributed by atoms with Crippen molar-refractivity contribution in [3.63, 3.8) is 0 Å². The Morgan fingerprint density at radius 3 is 2.27 bits per heavy atom. The molecule has 0 saturated heterocycles. The monoisotopic (exact) mass is 550 g/mol. The summed E-state index contributed by atoms with van der Waals surface area (Å²) in [5.41, 5.74) is 1.13. The van der Waals surface area contributed by atoms with E-state index in [1.54, 1.807) is 58.8 Å². The minimum Gasteiger partial charge on any atom is -0.301 e. The molecule has 10 heteroatoms. The summed E-state index contributed by atoms with van der Waals surface area (Å²) in [6.45, 7) is -0.227. The second kappa shape index (κ2) is 10.4. The number of benzene rings is 3. The smallest absolute Gasteiger partial charge is 0.301 e. The zero-order valence-corrected chi connectivity index (χ0v) is 21.9. The molecule has 5 rings (SSSR count). The second-order valence-electron chi connectivity index (χ2n) is 8.20. The minimum absolute atomic E-state index is 0.152. The predicted molar refractivity (Wildman–Crippen MR) is 148 cm³/mol. The Kier molecular flexibility index (Phi) is 7.06. The fourth-order valence-corrected chi connectivity index (χ4v) is 4.95. The van der Waals surface area contributed by atoms with E-state index in [2.05, 4.69) is 0 Å². The molecule has 0 unspecified atom stereocenters. The summed E-state index contributed by atoms with van der Waals surface area (Å²) in [6, 6.07) is 21.8.